The lowest BCUT2D eigenvalue weighted by atomic mass is 10.1. The molecule has 0 fully saturated rings. The number of nitrogens with zero attached hydrogens (tertiary/aromatic N) is 3. The van der Waals surface area contributed by atoms with Crippen LogP contribution in [0.1, 0.15) is 34.6 Å². The number of benzene rings is 1. The number of pyridine rings is 1. The van der Waals surface area contributed by atoms with Gasteiger partial charge < -0.3 is 5.11 Å². The van der Waals surface area contributed by atoms with E-state index in [4.69, 9.17) is 16.7 Å². The number of carboxylic acids is 1. The first-order valence-electron chi connectivity index (χ1n) is 9.23. The van der Waals surface area contributed by atoms with Crippen LogP contribution < -0.4 is 5.56 Å². The highest BCUT2D eigenvalue weighted by molar-refractivity contribution is 6.30. The lowest BCUT2D eigenvalue weighted by Crippen LogP contribution is -2.26. The number of halogens is 4. The molecular weight excluding hydrogens is 435 g/mol. The van der Waals surface area contributed by atoms with Gasteiger partial charge in [0.25, 0.3) is 5.56 Å². The standard InChI is InChI=1S/C21H17ClF3N3O3/c22-16-5-3-14(4-6-16)17-9-19(29)28(18(27-17)2-1-7-21(23,24)25)12-13-8-15(20(30)31)11-26-10-13/h3-6,8-11H,1-2,7,12H2,(H,30,31). The number of carboxylic acid groups (broad SMARTS) is 1. The number of hydrogen-bond acceptors (Lipinski definition) is 4. The van der Waals surface area contributed by atoms with Crippen LogP contribution in [0.3, 0.4) is 0 Å². The Morgan fingerprint density at radius 2 is 1.84 bits per heavy atom. The molecular formula is C21H17ClF3N3O3. The van der Waals surface area contributed by atoms with Gasteiger partial charge in [-0.3, -0.25) is 14.3 Å². The van der Waals surface area contributed by atoms with Gasteiger partial charge in [-0.2, -0.15) is 13.2 Å². The quantitative estimate of drug-likeness (QED) is 0.568. The minimum atomic E-state index is -4.32. The van der Waals surface area contributed by atoms with Gasteiger partial charge in [-0.1, -0.05) is 23.7 Å². The Balaban J connectivity index is 1.99. The van der Waals surface area contributed by atoms with E-state index in [0.717, 1.165) is 0 Å². The molecule has 0 radical (unpaired) electrons. The predicted molar refractivity (Wildman–Crippen MR) is 108 cm³/mol. The molecule has 162 valence electrons. The second-order valence-corrected chi connectivity index (χ2v) is 7.28. The van der Waals surface area contributed by atoms with Crippen LogP contribution in [0.4, 0.5) is 13.2 Å². The summed E-state index contributed by atoms with van der Waals surface area (Å²) in [4.78, 5) is 32.3. The number of carbonyl (C=O) groups is 1. The maximum absolute atomic E-state index is 12.8. The summed E-state index contributed by atoms with van der Waals surface area (Å²) < 4.78 is 39.1. The molecule has 2 aromatic heterocycles. The van der Waals surface area contributed by atoms with E-state index in [9.17, 15) is 22.8 Å². The molecule has 0 aliphatic carbocycles. The summed E-state index contributed by atoms with van der Waals surface area (Å²) in [6.07, 6.45) is -3.09. The van der Waals surface area contributed by atoms with E-state index in [-0.39, 0.29) is 30.8 Å². The molecule has 0 spiro atoms. The zero-order chi connectivity index (χ0) is 22.6. The van der Waals surface area contributed by atoms with Crippen molar-refractivity contribution in [1.29, 1.82) is 0 Å². The van der Waals surface area contributed by atoms with Crippen LogP contribution in [0.2, 0.25) is 5.02 Å². The highest BCUT2D eigenvalue weighted by atomic mass is 35.5. The number of hydrogen-bond donors (Lipinski definition) is 1. The Hall–Kier alpha value is -3.20. The van der Waals surface area contributed by atoms with Crippen molar-refractivity contribution in [2.75, 3.05) is 0 Å². The van der Waals surface area contributed by atoms with Gasteiger partial charge in [-0.25, -0.2) is 9.78 Å². The van der Waals surface area contributed by atoms with Gasteiger partial charge in [0.1, 0.15) is 5.82 Å². The van der Waals surface area contributed by atoms with Crippen LogP contribution in [-0.4, -0.2) is 31.8 Å². The molecule has 0 saturated carbocycles. The van der Waals surface area contributed by atoms with Crippen molar-refractivity contribution in [3.8, 4) is 11.3 Å². The van der Waals surface area contributed by atoms with Crippen LogP contribution in [-0.2, 0) is 13.0 Å². The van der Waals surface area contributed by atoms with Crippen LogP contribution >= 0.6 is 11.6 Å². The summed E-state index contributed by atoms with van der Waals surface area (Å²) in [5.74, 6) is -1.01. The molecule has 3 rings (SSSR count). The molecule has 6 nitrogen and oxygen atoms in total. The summed E-state index contributed by atoms with van der Waals surface area (Å²) in [7, 11) is 0. The Morgan fingerprint density at radius 3 is 2.48 bits per heavy atom. The normalized spacial score (nSPS) is 11.5. The van der Waals surface area contributed by atoms with E-state index in [0.29, 0.717) is 21.8 Å². The van der Waals surface area contributed by atoms with Gasteiger partial charge >= 0.3 is 12.1 Å². The molecule has 1 aromatic carbocycles. The first kappa shape index (κ1) is 22.5. The van der Waals surface area contributed by atoms with E-state index in [2.05, 4.69) is 9.97 Å². The average molecular weight is 452 g/mol. The summed E-state index contributed by atoms with van der Waals surface area (Å²) >= 11 is 5.88. The topological polar surface area (TPSA) is 85.1 Å². The molecule has 3 aromatic rings. The van der Waals surface area contributed by atoms with Gasteiger partial charge in [-0.15, -0.1) is 0 Å². The number of aryl methyl sites for hydroxylation is 1. The second-order valence-electron chi connectivity index (χ2n) is 6.84. The Morgan fingerprint density at radius 1 is 1.13 bits per heavy atom. The van der Waals surface area contributed by atoms with Gasteiger partial charge in [0.05, 0.1) is 17.8 Å². The third-order valence-corrected chi connectivity index (χ3v) is 4.72. The molecule has 2 heterocycles. The van der Waals surface area contributed by atoms with Crippen LogP contribution in [0.5, 0.6) is 0 Å². The molecule has 0 unspecified atom stereocenters. The number of alkyl halides is 3. The molecule has 0 saturated heterocycles. The smallest absolute Gasteiger partial charge is 0.389 e. The molecule has 10 heteroatoms. The maximum atomic E-state index is 12.8. The number of aromatic carboxylic acids is 1. The fourth-order valence-corrected chi connectivity index (χ4v) is 3.13. The zero-order valence-electron chi connectivity index (χ0n) is 16.1. The van der Waals surface area contributed by atoms with Crippen molar-refractivity contribution in [1.82, 2.24) is 14.5 Å². The van der Waals surface area contributed by atoms with E-state index in [1.807, 2.05) is 0 Å². The van der Waals surface area contributed by atoms with E-state index >= 15 is 0 Å². The van der Waals surface area contributed by atoms with Crippen LogP contribution in [0.15, 0.2) is 53.6 Å². The average Bonchev–Trinajstić information content (AvgIpc) is 2.70. The van der Waals surface area contributed by atoms with E-state index in [1.54, 1.807) is 24.3 Å². The summed E-state index contributed by atoms with van der Waals surface area (Å²) in [5, 5.41) is 9.62. The Kier molecular flexibility index (Phi) is 6.74. The Labute approximate surface area is 180 Å². The van der Waals surface area contributed by atoms with E-state index < -0.39 is 24.1 Å². The van der Waals surface area contributed by atoms with Gasteiger partial charge in [-0.05, 0) is 30.2 Å². The SMILES string of the molecule is O=C(O)c1cncc(Cn2c(CCCC(F)(F)F)nc(-c3ccc(Cl)cc3)cc2=O)c1. The maximum Gasteiger partial charge on any atom is 0.389 e. The molecule has 0 amide bonds. The van der Waals surface area contributed by atoms with Gasteiger partial charge in [0, 0.05) is 41.9 Å². The molecule has 0 bridgehead atoms. The summed E-state index contributed by atoms with van der Waals surface area (Å²) in [6.45, 7) is -0.0673. The first-order valence-corrected chi connectivity index (χ1v) is 9.61. The first-order chi connectivity index (χ1) is 14.6. The Bertz CT molecular complexity index is 1150. The highest BCUT2D eigenvalue weighted by Gasteiger charge is 2.26. The predicted octanol–water partition coefficient (Wildman–Crippen LogP) is 4.59. The molecule has 0 aliphatic heterocycles. The van der Waals surface area contributed by atoms with Crippen molar-refractivity contribution in [2.24, 2.45) is 0 Å². The van der Waals surface area contributed by atoms with Gasteiger partial charge in [0.15, 0.2) is 0 Å². The second kappa shape index (κ2) is 9.30. The third kappa shape index (κ3) is 6.14. The van der Waals surface area contributed by atoms with E-state index in [1.165, 1.54) is 29.1 Å². The monoisotopic (exact) mass is 451 g/mol. The van der Waals surface area contributed by atoms with Crippen molar-refractivity contribution in [3.63, 3.8) is 0 Å². The van der Waals surface area contributed by atoms with Crippen molar-refractivity contribution < 1.29 is 23.1 Å². The molecule has 31 heavy (non-hydrogen) atoms. The van der Waals surface area contributed by atoms with Crippen LogP contribution in [0.25, 0.3) is 11.3 Å². The number of aromatic nitrogens is 3. The summed E-state index contributed by atoms with van der Waals surface area (Å²) in [6, 6.07) is 9.20. The lowest BCUT2D eigenvalue weighted by molar-refractivity contribution is -0.135. The molecule has 1 N–H and O–H groups in total. The minimum Gasteiger partial charge on any atom is -0.478 e. The molecule has 0 atom stereocenters. The lowest BCUT2D eigenvalue weighted by Gasteiger charge is -2.15. The fourth-order valence-electron chi connectivity index (χ4n) is 3.00. The highest BCUT2D eigenvalue weighted by Crippen LogP contribution is 2.23. The minimum absolute atomic E-state index is 0.0603. The largest absolute Gasteiger partial charge is 0.478 e. The summed E-state index contributed by atoms with van der Waals surface area (Å²) in [5.41, 5.74) is 0.801. The molecule has 0 aliphatic rings. The van der Waals surface area contributed by atoms with Crippen molar-refractivity contribution >= 4 is 17.6 Å². The van der Waals surface area contributed by atoms with Crippen molar-refractivity contribution in [3.05, 3.63) is 81.1 Å². The fraction of sp³-hybridized carbons (Fsp3) is 0.238. The zero-order valence-corrected chi connectivity index (χ0v) is 16.8. The van der Waals surface area contributed by atoms with Gasteiger partial charge in [0.2, 0.25) is 0 Å². The number of rotatable bonds is 7. The third-order valence-electron chi connectivity index (χ3n) is 4.47. The van der Waals surface area contributed by atoms with Crippen molar-refractivity contribution in [2.45, 2.75) is 32.0 Å². The van der Waals surface area contributed by atoms with Crippen LogP contribution in [0, 0.1) is 0 Å².